The van der Waals surface area contributed by atoms with Crippen LogP contribution >= 0.6 is 0 Å². The van der Waals surface area contributed by atoms with E-state index in [1.165, 1.54) is 0 Å². The summed E-state index contributed by atoms with van der Waals surface area (Å²) in [6.45, 7) is 9.63. The van der Waals surface area contributed by atoms with E-state index >= 15 is 0 Å². The van der Waals surface area contributed by atoms with Crippen LogP contribution in [-0.2, 0) is 21.4 Å². The molecular weight excluding hydrogens is 388 g/mol. The molecule has 158 valence electrons. The average molecular weight is 419 g/mol. The minimum absolute atomic E-state index is 0.0566. The van der Waals surface area contributed by atoms with Crippen LogP contribution in [0.1, 0.15) is 37.5 Å². The van der Waals surface area contributed by atoms with Gasteiger partial charge in [-0.05, 0) is 75.6 Å². The minimum Gasteiger partial charge on any atom is -0.491 e. The number of benzene rings is 2. The summed E-state index contributed by atoms with van der Waals surface area (Å²) in [5, 5.41) is 2.83. The Bertz CT molecular complexity index is 971. The largest absolute Gasteiger partial charge is 0.491 e. The minimum atomic E-state index is -3.64. The molecule has 1 amide bonds. The number of aryl methyl sites for hydroxylation is 2. The third-order valence-corrected chi connectivity index (χ3v) is 5.81. The number of rotatable bonds is 8. The van der Waals surface area contributed by atoms with Crippen molar-refractivity contribution in [2.45, 2.75) is 53.3 Å². The Kier molecular flexibility index (Phi) is 7.30. The fraction of sp³-hybridized carbons (Fsp3) is 0.409. The Morgan fingerprint density at radius 2 is 1.76 bits per heavy atom. The lowest BCUT2D eigenvalue weighted by molar-refractivity contribution is -0.122. The van der Waals surface area contributed by atoms with Gasteiger partial charge >= 0.3 is 0 Å². The number of anilines is 1. The lowest BCUT2D eigenvalue weighted by Crippen LogP contribution is -2.47. The van der Waals surface area contributed by atoms with Crippen LogP contribution in [-0.4, -0.2) is 32.7 Å². The predicted octanol–water partition coefficient (Wildman–Crippen LogP) is 3.56. The van der Waals surface area contributed by atoms with Gasteiger partial charge in [0, 0.05) is 6.54 Å². The van der Waals surface area contributed by atoms with Gasteiger partial charge in [0.15, 0.2) is 0 Å². The zero-order valence-electron chi connectivity index (χ0n) is 17.9. The maximum Gasteiger partial charge on any atom is 0.243 e. The van der Waals surface area contributed by atoms with Gasteiger partial charge in [-0.15, -0.1) is 0 Å². The number of carbonyl (C=O) groups excluding carboxylic acids is 1. The zero-order valence-corrected chi connectivity index (χ0v) is 18.7. The molecule has 0 spiro atoms. The molecule has 0 radical (unpaired) electrons. The summed E-state index contributed by atoms with van der Waals surface area (Å²) in [7, 11) is -3.64. The van der Waals surface area contributed by atoms with E-state index in [4.69, 9.17) is 4.74 Å². The summed E-state index contributed by atoms with van der Waals surface area (Å²) in [6.07, 6.45) is 1.17. The highest BCUT2D eigenvalue weighted by Gasteiger charge is 2.29. The number of nitrogens with one attached hydrogen (secondary N) is 1. The number of hydrogen-bond donors (Lipinski definition) is 1. The van der Waals surface area contributed by atoms with E-state index in [1.807, 2.05) is 58.0 Å². The molecule has 0 fully saturated rings. The predicted molar refractivity (Wildman–Crippen MR) is 117 cm³/mol. The van der Waals surface area contributed by atoms with Gasteiger partial charge in [0.1, 0.15) is 11.8 Å². The summed E-state index contributed by atoms with van der Waals surface area (Å²) in [5.41, 5.74) is 3.37. The highest BCUT2D eigenvalue weighted by molar-refractivity contribution is 7.92. The first-order valence-corrected chi connectivity index (χ1v) is 11.4. The number of hydrogen-bond acceptors (Lipinski definition) is 4. The lowest BCUT2D eigenvalue weighted by Gasteiger charge is -2.28. The molecular formula is C22H30N2O4S. The average Bonchev–Trinajstić information content (AvgIpc) is 2.61. The molecule has 1 N–H and O–H groups in total. The van der Waals surface area contributed by atoms with Crippen molar-refractivity contribution in [3.8, 4) is 5.75 Å². The second-order valence-corrected chi connectivity index (χ2v) is 9.39. The van der Waals surface area contributed by atoms with E-state index in [2.05, 4.69) is 5.32 Å². The second-order valence-electron chi connectivity index (χ2n) is 7.54. The van der Waals surface area contributed by atoms with E-state index < -0.39 is 16.1 Å². The van der Waals surface area contributed by atoms with Crippen molar-refractivity contribution in [3.05, 3.63) is 59.2 Å². The number of amides is 1. The van der Waals surface area contributed by atoms with Crippen LogP contribution < -0.4 is 14.4 Å². The Balaban J connectivity index is 2.16. The third kappa shape index (κ3) is 6.22. The van der Waals surface area contributed by atoms with Crippen LogP contribution in [0, 0.1) is 13.8 Å². The first kappa shape index (κ1) is 22.7. The Morgan fingerprint density at radius 1 is 1.07 bits per heavy atom. The lowest BCUT2D eigenvalue weighted by atomic mass is 10.1. The quantitative estimate of drug-likeness (QED) is 0.711. The molecule has 7 heteroatoms. The monoisotopic (exact) mass is 418 g/mol. The SMILES string of the molecule is Cc1ccc(N([C@H](C)C(=O)NCc2cccc(OC(C)C)c2)S(C)(=O)=O)cc1C. The standard InChI is InChI=1S/C22H30N2O4S/c1-15(2)28-21-9-7-8-19(13-21)14-23-22(25)18(5)24(29(6,26)27)20-11-10-16(3)17(4)12-20/h7-13,15,18H,14H2,1-6H3,(H,23,25)/t18-/m1/s1. The Hall–Kier alpha value is -2.54. The summed E-state index contributed by atoms with van der Waals surface area (Å²) < 4.78 is 31.7. The fourth-order valence-electron chi connectivity index (χ4n) is 3.01. The molecule has 0 unspecified atom stereocenters. The zero-order chi connectivity index (χ0) is 21.8. The molecule has 0 aliphatic rings. The number of sulfonamides is 1. The fourth-order valence-corrected chi connectivity index (χ4v) is 4.18. The van der Waals surface area contributed by atoms with E-state index in [9.17, 15) is 13.2 Å². The number of carbonyl (C=O) groups is 1. The molecule has 1 atom stereocenters. The van der Waals surface area contributed by atoms with Gasteiger partial charge in [-0.3, -0.25) is 9.10 Å². The van der Waals surface area contributed by atoms with Crippen molar-refractivity contribution in [2.24, 2.45) is 0 Å². The molecule has 0 aliphatic heterocycles. The highest BCUT2D eigenvalue weighted by atomic mass is 32.2. The van der Waals surface area contributed by atoms with Gasteiger partial charge in [0.05, 0.1) is 18.0 Å². The van der Waals surface area contributed by atoms with Crippen LogP contribution in [0.4, 0.5) is 5.69 Å². The van der Waals surface area contributed by atoms with Gasteiger partial charge in [0.25, 0.3) is 0 Å². The molecule has 0 heterocycles. The smallest absolute Gasteiger partial charge is 0.243 e. The maximum absolute atomic E-state index is 12.7. The van der Waals surface area contributed by atoms with E-state index in [0.717, 1.165) is 33.0 Å². The second kappa shape index (κ2) is 9.31. The van der Waals surface area contributed by atoms with E-state index in [1.54, 1.807) is 19.1 Å². The molecule has 0 saturated heterocycles. The first-order valence-electron chi connectivity index (χ1n) is 9.59. The van der Waals surface area contributed by atoms with Crippen LogP contribution in [0.3, 0.4) is 0 Å². The molecule has 0 bridgehead atoms. The highest BCUT2D eigenvalue weighted by Crippen LogP contribution is 2.24. The van der Waals surface area contributed by atoms with Crippen molar-refractivity contribution < 1.29 is 17.9 Å². The first-order chi connectivity index (χ1) is 13.5. The maximum atomic E-state index is 12.7. The van der Waals surface area contributed by atoms with Crippen molar-refractivity contribution >= 4 is 21.6 Å². The van der Waals surface area contributed by atoms with Crippen molar-refractivity contribution in [2.75, 3.05) is 10.6 Å². The molecule has 0 aliphatic carbocycles. The summed E-state index contributed by atoms with van der Waals surface area (Å²) in [6, 6.07) is 11.9. The van der Waals surface area contributed by atoms with Crippen molar-refractivity contribution in [3.63, 3.8) is 0 Å². The van der Waals surface area contributed by atoms with Gasteiger partial charge in [-0.25, -0.2) is 8.42 Å². The number of ether oxygens (including phenoxy) is 1. The molecule has 6 nitrogen and oxygen atoms in total. The van der Waals surface area contributed by atoms with Crippen LogP contribution in [0.5, 0.6) is 5.75 Å². The molecule has 0 aromatic heterocycles. The number of nitrogens with zero attached hydrogens (tertiary/aromatic N) is 1. The molecule has 2 rings (SSSR count). The topological polar surface area (TPSA) is 75.7 Å². The van der Waals surface area contributed by atoms with Crippen LogP contribution in [0.25, 0.3) is 0 Å². The third-order valence-electron chi connectivity index (χ3n) is 4.57. The summed E-state index contributed by atoms with van der Waals surface area (Å²) in [5.74, 6) is 0.358. The summed E-state index contributed by atoms with van der Waals surface area (Å²) in [4.78, 5) is 12.7. The molecule has 2 aromatic carbocycles. The van der Waals surface area contributed by atoms with E-state index in [0.29, 0.717) is 5.69 Å². The van der Waals surface area contributed by atoms with E-state index in [-0.39, 0.29) is 18.6 Å². The normalized spacial score (nSPS) is 12.5. The van der Waals surface area contributed by atoms with Crippen molar-refractivity contribution in [1.29, 1.82) is 0 Å². The molecule has 2 aromatic rings. The molecule has 0 saturated carbocycles. The summed E-state index contributed by atoms with van der Waals surface area (Å²) >= 11 is 0. The Morgan fingerprint density at radius 3 is 2.34 bits per heavy atom. The molecule has 29 heavy (non-hydrogen) atoms. The van der Waals surface area contributed by atoms with Gasteiger partial charge in [0.2, 0.25) is 15.9 Å². The van der Waals surface area contributed by atoms with Crippen molar-refractivity contribution in [1.82, 2.24) is 5.32 Å². The Labute approximate surface area is 173 Å². The van der Waals surface area contributed by atoms with Gasteiger partial charge < -0.3 is 10.1 Å². The van der Waals surface area contributed by atoms with Gasteiger partial charge in [-0.1, -0.05) is 18.2 Å². The van der Waals surface area contributed by atoms with Crippen LogP contribution in [0.15, 0.2) is 42.5 Å². The van der Waals surface area contributed by atoms with Gasteiger partial charge in [-0.2, -0.15) is 0 Å². The van der Waals surface area contributed by atoms with Crippen LogP contribution in [0.2, 0.25) is 0 Å².